The number of pyridine rings is 1. The summed E-state index contributed by atoms with van der Waals surface area (Å²) in [6, 6.07) is 8.67. The van der Waals surface area contributed by atoms with Crippen LogP contribution >= 0.6 is 0 Å². The molecule has 41 heavy (non-hydrogen) atoms. The number of nitrogens with one attached hydrogen (secondary N) is 1. The van der Waals surface area contributed by atoms with E-state index in [1.807, 2.05) is 42.8 Å². The van der Waals surface area contributed by atoms with Crippen LogP contribution in [0.4, 0.5) is 0 Å². The van der Waals surface area contributed by atoms with E-state index in [1.165, 1.54) is 0 Å². The van der Waals surface area contributed by atoms with Crippen LogP contribution in [0.5, 0.6) is 5.88 Å². The first-order chi connectivity index (χ1) is 19.9. The Bertz CT molecular complexity index is 2050. The van der Waals surface area contributed by atoms with E-state index in [4.69, 9.17) is 9.72 Å². The highest BCUT2D eigenvalue weighted by Gasteiger charge is 2.30. The lowest BCUT2D eigenvalue weighted by atomic mass is 9.84. The second-order valence-electron chi connectivity index (χ2n) is 11.1. The van der Waals surface area contributed by atoms with Crippen LogP contribution in [0, 0.1) is 17.2 Å². The molecule has 1 aromatic carbocycles. The predicted octanol–water partition coefficient (Wildman–Crippen LogP) is 4.82. The summed E-state index contributed by atoms with van der Waals surface area (Å²) in [6.45, 7) is 0. The van der Waals surface area contributed by atoms with Crippen molar-refractivity contribution in [3.05, 3.63) is 47.3 Å². The molecule has 11 nitrogen and oxygen atoms in total. The molecule has 1 fully saturated rings. The molecule has 0 unspecified atom stereocenters. The first-order valence-corrected chi connectivity index (χ1v) is 13.9. The monoisotopic (exact) mass is 549 g/mol. The third-order valence-electron chi connectivity index (χ3n) is 8.72. The number of fused-ring (bicyclic) bond motifs is 4. The molecule has 5 aromatic heterocycles. The minimum atomic E-state index is -0.0478. The molecule has 0 atom stereocenters. The fraction of sp³-hybridized carbons (Fsp3) is 0.367. The molecule has 0 bridgehead atoms. The minimum Gasteiger partial charge on any atom is -0.479 e. The van der Waals surface area contributed by atoms with Crippen LogP contribution in [-0.2, 0) is 21.1 Å². The Morgan fingerprint density at radius 1 is 1.12 bits per heavy atom. The fourth-order valence-corrected chi connectivity index (χ4v) is 6.65. The molecule has 6 aromatic rings. The number of aryl methyl sites for hydroxylation is 3. The van der Waals surface area contributed by atoms with Crippen LogP contribution in [0.3, 0.4) is 0 Å². The van der Waals surface area contributed by atoms with Crippen LogP contribution in [0.25, 0.3) is 55.4 Å². The predicted molar refractivity (Wildman–Crippen MR) is 157 cm³/mol. The largest absolute Gasteiger partial charge is 0.479 e. The van der Waals surface area contributed by atoms with E-state index in [1.54, 1.807) is 22.6 Å². The number of nitriles is 1. The third-order valence-corrected chi connectivity index (χ3v) is 8.72. The zero-order valence-electron chi connectivity index (χ0n) is 23.5. The lowest BCUT2D eigenvalue weighted by Crippen LogP contribution is -2.28. The summed E-state index contributed by atoms with van der Waals surface area (Å²) in [5.74, 6) is 0.891. The average molecular weight is 550 g/mol. The van der Waals surface area contributed by atoms with Crippen molar-refractivity contribution in [1.82, 2.24) is 38.7 Å². The number of rotatable bonds is 5. The molecule has 1 N–H and O–H groups in total. The van der Waals surface area contributed by atoms with Crippen LogP contribution in [0.2, 0.25) is 0 Å². The van der Waals surface area contributed by atoms with E-state index in [2.05, 4.69) is 39.4 Å². The van der Waals surface area contributed by atoms with E-state index in [0.717, 1.165) is 75.4 Å². The highest BCUT2D eigenvalue weighted by molar-refractivity contribution is 6.15. The van der Waals surface area contributed by atoms with E-state index < -0.39 is 0 Å². The minimum absolute atomic E-state index is 0.0478. The molecule has 0 aliphatic heterocycles. The normalized spacial score (nSPS) is 17.5. The molecule has 5 heterocycles. The second kappa shape index (κ2) is 9.37. The molecule has 0 amide bonds. The maximum atomic E-state index is 13.8. The van der Waals surface area contributed by atoms with Gasteiger partial charge in [0.05, 0.1) is 58.8 Å². The summed E-state index contributed by atoms with van der Waals surface area (Å²) < 4.78 is 12.9. The van der Waals surface area contributed by atoms with Gasteiger partial charge in [0.1, 0.15) is 5.65 Å². The zero-order chi connectivity index (χ0) is 28.4. The van der Waals surface area contributed by atoms with Gasteiger partial charge in [0, 0.05) is 50.8 Å². The number of hydrogen-bond acceptors (Lipinski definition) is 6. The van der Waals surface area contributed by atoms with E-state index in [-0.39, 0.29) is 11.7 Å². The van der Waals surface area contributed by atoms with Gasteiger partial charge in [0.25, 0.3) is 0 Å². The quantitative estimate of drug-likeness (QED) is 0.329. The lowest BCUT2D eigenvalue weighted by Gasteiger charge is -2.28. The SMILES string of the molecule is COc1nn(C)cc1-c1[nH]c2ncc3c(c2c1-c1ccc2c(cnn2C)c1)n([C@H]1CC[C@@H](CC#N)CC1)c(=O)n3C. The highest BCUT2D eigenvalue weighted by atomic mass is 16.5. The number of hydrogen-bond donors (Lipinski definition) is 1. The van der Waals surface area contributed by atoms with Crippen LogP contribution in [0.15, 0.2) is 41.6 Å². The number of ether oxygens (including phenoxy) is 1. The molecule has 0 radical (unpaired) electrons. The third kappa shape index (κ3) is 3.78. The van der Waals surface area contributed by atoms with Gasteiger partial charge in [-0.3, -0.25) is 18.5 Å². The van der Waals surface area contributed by atoms with Crippen LogP contribution < -0.4 is 10.4 Å². The van der Waals surface area contributed by atoms with Crippen molar-refractivity contribution in [2.24, 2.45) is 27.1 Å². The van der Waals surface area contributed by atoms with Gasteiger partial charge < -0.3 is 9.72 Å². The van der Waals surface area contributed by atoms with Gasteiger partial charge >= 0.3 is 5.69 Å². The van der Waals surface area contributed by atoms with Gasteiger partial charge in [-0.1, -0.05) is 6.07 Å². The highest BCUT2D eigenvalue weighted by Crippen LogP contribution is 2.45. The summed E-state index contributed by atoms with van der Waals surface area (Å²) in [4.78, 5) is 22.2. The topological polar surface area (TPSA) is 124 Å². The van der Waals surface area contributed by atoms with Crippen molar-refractivity contribution in [3.8, 4) is 34.3 Å². The number of nitrogens with zero attached hydrogens (tertiary/aromatic N) is 8. The van der Waals surface area contributed by atoms with E-state index in [0.29, 0.717) is 23.9 Å². The fourth-order valence-electron chi connectivity index (χ4n) is 6.65. The molecular weight excluding hydrogens is 518 g/mol. The van der Waals surface area contributed by atoms with Gasteiger partial charge in [0.15, 0.2) is 0 Å². The van der Waals surface area contributed by atoms with Crippen molar-refractivity contribution in [2.45, 2.75) is 38.1 Å². The van der Waals surface area contributed by atoms with Crippen molar-refractivity contribution in [2.75, 3.05) is 7.11 Å². The summed E-state index contributed by atoms with van der Waals surface area (Å²) >= 11 is 0. The Morgan fingerprint density at radius 2 is 1.93 bits per heavy atom. The summed E-state index contributed by atoms with van der Waals surface area (Å²) in [6.07, 6.45) is 9.74. The molecular formula is C30H31N9O2. The number of benzene rings is 1. The maximum absolute atomic E-state index is 13.8. The second-order valence-corrected chi connectivity index (χ2v) is 11.1. The summed E-state index contributed by atoms with van der Waals surface area (Å²) in [5.41, 5.74) is 6.89. The Morgan fingerprint density at radius 3 is 2.68 bits per heavy atom. The number of aromatic nitrogens is 8. The molecule has 7 rings (SSSR count). The standard InChI is InChI=1S/C30H31N9O2/c1-36-16-21(29(35-36)41-4)26-24(18-7-10-22-19(13-18)14-33-38(22)3)25-27-23(15-32-28(25)34-26)37(2)30(40)39(27)20-8-5-17(6-9-20)11-12-31/h7,10,13-17,20H,5-6,8-9,11H2,1-4H3,(H,32,34)/t17-,20+. The Hall–Kier alpha value is -4.85. The van der Waals surface area contributed by atoms with Crippen molar-refractivity contribution >= 4 is 33.0 Å². The molecule has 1 aliphatic rings. The van der Waals surface area contributed by atoms with Gasteiger partial charge in [-0.05, 0) is 49.3 Å². The van der Waals surface area contributed by atoms with Crippen molar-refractivity contribution in [3.63, 3.8) is 0 Å². The van der Waals surface area contributed by atoms with Crippen molar-refractivity contribution < 1.29 is 4.74 Å². The average Bonchev–Trinajstić information content (AvgIpc) is 3.72. The van der Waals surface area contributed by atoms with Crippen LogP contribution in [0.1, 0.15) is 38.1 Å². The Balaban J connectivity index is 1.55. The van der Waals surface area contributed by atoms with Crippen molar-refractivity contribution in [1.29, 1.82) is 5.26 Å². The summed E-state index contributed by atoms with van der Waals surface area (Å²) in [5, 5.41) is 20.1. The van der Waals surface area contributed by atoms with Gasteiger partial charge in [0.2, 0.25) is 5.88 Å². The van der Waals surface area contributed by atoms with E-state index >= 15 is 0 Å². The zero-order valence-corrected chi connectivity index (χ0v) is 23.5. The van der Waals surface area contributed by atoms with Gasteiger partial charge in [-0.15, -0.1) is 5.10 Å². The number of imidazole rings is 1. The van der Waals surface area contributed by atoms with E-state index in [9.17, 15) is 10.1 Å². The molecule has 1 saturated carbocycles. The van der Waals surface area contributed by atoms with Gasteiger partial charge in [-0.2, -0.15) is 10.4 Å². The van der Waals surface area contributed by atoms with Crippen LogP contribution in [-0.4, -0.2) is 45.8 Å². The number of methoxy groups -OCH3 is 1. The Labute approximate surface area is 235 Å². The molecule has 0 spiro atoms. The first-order valence-electron chi connectivity index (χ1n) is 13.9. The molecule has 0 saturated heterocycles. The molecule has 1 aliphatic carbocycles. The van der Waals surface area contributed by atoms with Gasteiger partial charge in [-0.25, -0.2) is 9.78 Å². The Kier molecular flexibility index (Phi) is 5.74. The molecule has 11 heteroatoms. The number of aromatic amines is 1. The molecule has 208 valence electrons. The summed E-state index contributed by atoms with van der Waals surface area (Å²) in [7, 11) is 7.23. The number of H-pyrrole nitrogens is 1. The smallest absolute Gasteiger partial charge is 0.329 e. The first kappa shape index (κ1) is 25.1. The maximum Gasteiger partial charge on any atom is 0.329 e. The lowest BCUT2D eigenvalue weighted by molar-refractivity contribution is 0.277.